The monoisotopic (exact) mass is 356 g/mol. The van der Waals surface area contributed by atoms with Crippen LogP contribution in [0.2, 0.25) is 0 Å². The quantitative estimate of drug-likeness (QED) is 0.410. The molecule has 0 aromatic heterocycles. The fourth-order valence-corrected chi connectivity index (χ4v) is 5.97. The van der Waals surface area contributed by atoms with Crippen molar-refractivity contribution in [1.82, 2.24) is 0 Å². The number of benzene rings is 1. The van der Waals surface area contributed by atoms with Crippen molar-refractivity contribution in [2.24, 2.45) is 23.2 Å². The van der Waals surface area contributed by atoms with E-state index in [9.17, 15) is 0 Å². The van der Waals surface area contributed by atoms with Gasteiger partial charge in [-0.2, -0.15) is 0 Å². The van der Waals surface area contributed by atoms with E-state index in [1.165, 1.54) is 44.1 Å². The van der Waals surface area contributed by atoms with Crippen molar-refractivity contribution in [3.05, 3.63) is 48.0 Å². The molecule has 0 radical (unpaired) electrons. The first-order valence-electron chi connectivity index (χ1n) is 11.2. The van der Waals surface area contributed by atoms with E-state index >= 15 is 0 Å². The highest BCUT2D eigenvalue weighted by Gasteiger charge is 2.53. The standard InChI is InChI=1S/C20H28.2C2H6.C2H4/c1-13-4-7-16-15(12-13)6-8-18-17(16)10-11-20(3)14(2)5-9-19(18)20;3*1-2/h4,7,12,14,17-19H,5-6,8-11H2,1-3H3;2*1-2H3;1-2H2/t14-,17?,18?,19?,20?;;;/m0.../s1. The first-order valence-corrected chi connectivity index (χ1v) is 11.2. The summed E-state index contributed by atoms with van der Waals surface area (Å²) in [6, 6.07) is 7.26. The summed E-state index contributed by atoms with van der Waals surface area (Å²) in [7, 11) is 0. The van der Waals surface area contributed by atoms with Gasteiger partial charge in [-0.25, -0.2) is 0 Å². The highest BCUT2D eigenvalue weighted by Crippen LogP contribution is 2.62. The Balaban J connectivity index is 0.000000515. The van der Waals surface area contributed by atoms with Crippen LogP contribution in [0.3, 0.4) is 0 Å². The summed E-state index contributed by atoms with van der Waals surface area (Å²) in [5.74, 6) is 3.81. The molecule has 0 heteroatoms. The van der Waals surface area contributed by atoms with Gasteiger partial charge in [0.05, 0.1) is 0 Å². The van der Waals surface area contributed by atoms with E-state index in [4.69, 9.17) is 0 Å². The fraction of sp³-hybridized carbons (Fsp3) is 0.692. The smallest absolute Gasteiger partial charge is 0.0128 e. The SMILES string of the molecule is C=C.CC.CC.Cc1ccc2c(c1)CCC1C2CCC2(C)C1CC[C@@H]2C. The molecule has 2 saturated carbocycles. The molecule has 0 nitrogen and oxygen atoms in total. The number of fused-ring (bicyclic) bond motifs is 5. The Bertz CT molecular complexity index is 543. The lowest BCUT2D eigenvalue weighted by Gasteiger charge is -2.50. The van der Waals surface area contributed by atoms with E-state index in [0.717, 1.165) is 23.7 Å². The van der Waals surface area contributed by atoms with Crippen LogP contribution in [0.4, 0.5) is 0 Å². The van der Waals surface area contributed by atoms with Gasteiger partial charge in [-0.15, -0.1) is 13.2 Å². The second-order valence-electron chi connectivity index (χ2n) is 8.14. The molecule has 0 saturated heterocycles. The maximum Gasteiger partial charge on any atom is -0.0128 e. The summed E-state index contributed by atoms with van der Waals surface area (Å²) in [5, 5.41) is 0. The molecule has 0 amide bonds. The highest BCUT2D eigenvalue weighted by atomic mass is 14.6. The lowest BCUT2D eigenvalue weighted by atomic mass is 9.54. The summed E-state index contributed by atoms with van der Waals surface area (Å²) in [5.41, 5.74) is 5.48. The second-order valence-corrected chi connectivity index (χ2v) is 8.14. The maximum absolute atomic E-state index is 3.00. The van der Waals surface area contributed by atoms with Gasteiger partial charge in [0.1, 0.15) is 0 Å². The number of hydrogen-bond acceptors (Lipinski definition) is 0. The van der Waals surface area contributed by atoms with Gasteiger partial charge in [0.15, 0.2) is 0 Å². The maximum atomic E-state index is 3.00. The summed E-state index contributed by atoms with van der Waals surface area (Å²) in [6.07, 6.45) is 8.67. The van der Waals surface area contributed by atoms with Crippen LogP contribution in [0, 0.1) is 30.1 Å². The molecule has 0 aliphatic heterocycles. The van der Waals surface area contributed by atoms with Crippen LogP contribution < -0.4 is 0 Å². The van der Waals surface area contributed by atoms with Crippen LogP contribution in [-0.4, -0.2) is 0 Å². The predicted molar refractivity (Wildman–Crippen MR) is 119 cm³/mol. The van der Waals surface area contributed by atoms with Crippen molar-refractivity contribution in [2.45, 2.75) is 92.9 Å². The second kappa shape index (κ2) is 10.3. The highest BCUT2D eigenvalue weighted by molar-refractivity contribution is 5.37. The molecule has 0 heterocycles. The van der Waals surface area contributed by atoms with Crippen molar-refractivity contribution >= 4 is 0 Å². The zero-order valence-electron chi connectivity index (χ0n) is 18.7. The third kappa shape index (κ3) is 4.10. The van der Waals surface area contributed by atoms with Crippen molar-refractivity contribution in [2.75, 3.05) is 0 Å². The third-order valence-corrected chi connectivity index (χ3v) is 7.36. The van der Waals surface area contributed by atoms with Crippen LogP contribution in [0.15, 0.2) is 31.4 Å². The summed E-state index contributed by atoms with van der Waals surface area (Å²) in [4.78, 5) is 0. The Kier molecular flexibility index (Phi) is 9.14. The molecule has 148 valence electrons. The molecular formula is C26H44. The first kappa shape index (κ1) is 23.0. The van der Waals surface area contributed by atoms with Crippen molar-refractivity contribution in [3.63, 3.8) is 0 Å². The first-order chi connectivity index (χ1) is 12.6. The minimum Gasteiger partial charge on any atom is -0.106 e. The van der Waals surface area contributed by atoms with E-state index < -0.39 is 0 Å². The van der Waals surface area contributed by atoms with Crippen LogP contribution in [-0.2, 0) is 6.42 Å². The number of hydrogen-bond donors (Lipinski definition) is 0. The molecule has 0 spiro atoms. The molecule has 26 heavy (non-hydrogen) atoms. The molecule has 5 atom stereocenters. The van der Waals surface area contributed by atoms with Gasteiger partial charge in [-0.05, 0) is 85.7 Å². The van der Waals surface area contributed by atoms with Gasteiger partial charge >= 0.3 is 0 Å². The van der Waals surface area contributed by atoms with Gasteiger partial charge in [-0.1, -0.05) is 65.3 Å². The van der Waals surface area contributed by atoms with Crippen LogP contribution in [0.5, 0.6) is 0 Å². The summed E-state index contributed by atoms with van der Waals surface area (Å²) < 4.78 is 0. The lowest BCUT2D eigenvalue weighted by molar-refractivity contribution is 0.0337. The van der Waals surface area contributed by atoms with E-state index in [2.05, 4.69) is 52.1 Å². The average molecular weight is 357 g/mol. The van der Waals surface area contributed by atoms with E-state index in [1.54, 1.807) is 11.1 Å². The topological polar surface area (TPSA) is 0 Å². The van der Waals surface area contributed by atoms with E-state index in [-0.39, 0.29) is 0 Å². The lowest BCUT2D eigenvalue weighted by Crippen LogP contribution is -2.41. The van der Waals surface area contributed by atoms with Crippen molar-refractivity contribution in [1.29, 1.82) is 0 Å². The molecule has 1 aromatic carbocycles. The minimum atomic E-state index is 0.656. The van der Waals surface area contributed by atoms with Gasteiger partial charge in [0.2, 0.25) is 0 Å². The zero-order chi connectivity index (χ0) is 19.9. The van der Waals surface area contributed by atoms with Crippen LogP contribution in [0.25, 0.3) is 0 Å². The van der Waals surface area contributed by atoms with Crippen LogP contribution in [0.1, 0.15) is 96.3 Å². The normalized spacial score (nSPS) is 33.5. The Morgan fingerprint density at radius 3 is 2.27 bits per heavy atom. The molecule has 1 aromatic rings. The predicted octanol–water partition coefficient (Wildman–Crippen LogP) is 8.34. The van der Waals surface area contributed by atoms with Crippen LogP contribution >= 0.6 is 0 Å². The van der Waals surface area contributed by atoms with Gasteiger partial charge in [0.25, 0.3) is 0 Å². The minimum absolute atomic E-state index is 0.656. The Morgan fingerprint density at radius 2 is 1.62 bits per heavy atom. The number of aryl methyl sites for hydroxylation is 2. The summed E-state index contributed by atoms with van der Waals surface area (Å²) in [6.45, 7) is 21.4. The largest absolute Gasteiger partial charge is 0.106 e. The molecule has 0 N–H and O–H groups in total. The molecule has 3 aliphatic rings. The van der Waals surface area contributed by atoms with E-state index in [0.29, 0.717) is 5.41 Å². The Morgan fingerprint density at radius 1 is 0.962 bits per heavy atom. The molecule has 4 rings (SSSR count). The van der Waals surface area contributed by atoms with Gasteiger partial charge in [0, 0.05) is 0 Å². The molecule has 4 unspecified atom stereocenters. The van der Waals surface area contributed by atoms with Gasteiger partial charge in [-0.3, -0.25) is 0 Å². The zero-order valence-corrected chi connectivity index (χ0v) is 18.7. The molecular weight excluding hydrogens is 312 g/mol. The Labute approximate surface area is 164 Å². The average Bonchev–Trinajstić information content (AvgIpc) is 3.01. The molecule has 0 bridgehead atoms. The van der Waals surface area contributed by atoms with Crippen molar-refractivity contribution in [3.8, 4) is 0 Å². The molecule has 2 fully saturated rings. The van der Waals surface area contributed by atoms with Crippen molar-refractivity contribution < 1.29 is 0 Å². The fourth-order valence-electron chi connectivity index (χ4n) is 5.97. The third-order valence-electron chi connectivity index (χ3n) is 7.36. The summed E-state index contributed by atoms with van der Waals surface area (Å²) >= 11 is 0. The molecule has 3 aliphatic carbocycles. The van der Waals surface area contributed by atoms with Gasteiger partial charge < -0.3 is 0 Å². The van der Waals surface area contributed by atoms with E-state index in [1.807, 2.05) is 27.7 Å². The Hall–Kier alpha value is -1.04. The number of rotatable bonds is 0.